The Hall–Kier alpha value is -1.75. The summed E-state index contributed by atoms with van der Waals surface area (Å²) in [6.45, 7) is 7.22. The predicted molar refractivity (Wildman–Crippen MR) is 80.8 cm³/mol. The highest BCUT2D eigenvalue weighted by molar-refractivity contribution is 5.55. The van der Waals surface area contributed by atoms with E-state index in [1.807, 2.05) is 26.0 Å². The Labute approximate surface area is 125 Å². The lowest BCUT2D eigenvalue weighted by molar-refractivity contribution is 0.246. The van der Waals surface area contributed by atoms with Crippen molar-refractivity contribution in [3.05, 3.63) is 29.4 Å². The lowest BCUT2D eigenvalue weighted by Gasteiger charge is -2.27. The van der Waals surface area contributed by atoms with Crippen LogP contribution in [0.2, 0.25) is 0 Å². The summed E-state index contributed by atoms with van der Waals surface area (Å²) in [6.07, 6.45) is 3.52. The van der Waals surface area contributed by atoms with E-state index in [4.69, 9.17) is 4.52 Å². The SMILES string of the molecule is CCC1CCNC(c2nc(-c3cc(C)nc(C)c3)no2)C1. The predicted octanol–water partition coefficient (Wildman–Crippen LogP) is 3.20. The van der Waals surface area contributed by atoms with Crippen LogP contribution < -0.4 is 5.32 Å². The summed E-state index contributed by atoms with van der Waals surface area (Å²) in [5.74, 6) is 2.10. The second-order valence-corrected chi connectivity index (χ2v) is 5.90. The highest BCUT2D eigenvalue weighted by atomic mass is 16.5. The number of piperidine rings is 1. The van der Waals surface area contributed by atoms with Gasteiger partial charge >= 0.3 is 0 Å². The summed E-state index contributed by atoms with van der Waals surface area (Å²) in [5, 5.41) is 7.62. The van der Waals surface area contributed by atoms with Crippen LogP contribution in [0.1, 0.15) is 49.5 Å². The molecule has 0 bridgehead atoms. The van der Waals surface area contributed by atoms with Gasteiger partial charge in [0.2, 0.25) is 11.7 Å². The van der Waals surface area contributed by atoms with Crippen molar-refractivity contribution in [3.63, 3.8) is 0 Å². The Morgan fingerprint density at radius 3 is 2.71 bits per heavy atom. The Bertz CT molecular complexity index is 602. The third-order valence-electron chi connectivity index (χ3n) is 4.17. The maximum atomic E-state index is 5.49. The quantitative estimate of drug-likeness (QED) is 0.938. The summed E-state index contributed by atoms with van der Waals surface area (Å²) in [6, 6.07) is 4.17. The standard InChI is InChI=1S/C16H22N4O/c1-4-12-5-6-17-14(9-12)16-19-15(20-21-16)13-7-10(2)18-11(3)8-13/h7-8,12,14,17H,4-6,9H2,1-3H3. The van der Waals surface area contributed by atoms with E-state index in [0.717, 1.165) is 35.8 Å². The van der Waals surface area contributed by atoms with Crippen LogP contribution in [0, 0.1) is 19.8 Å². The fraction of sp³-hybridized carbons (Fsp3) is 0.562. The maximum Gasteiger partial charge on any atom is 0.244 e. The first kappa shape index (κ1) is 14.2. The largest absolute Gasteiger partial charge is 0.337 e. The van der Waals surface area contributed by atoms with E-state index in [-0.39, 0.29) is 6.04 Å². The minimum atomic E-state index is 0.189. The molecule has 2 unspecified atom stereocenters. The molecule has 0 spiro atoms. The minimum Gasteiger partial charge on any atom is -0.337 e. The zero-order valence-corrected chi connectivity index (χ0v) is 12.9. The molecule has 5 heteroatoms. The fourth-order valence-electron chi connectivity index (χ4n) is 3.01. The zero-order chi connectivity index (χ0) is 14.8. The molecule has 0 saturated carbocycles. The Balaban J connectivity index is 1.82. The summed E-state index contributed by atoms with van der Waals surface area (Å²) < 4.78 is 5.49. The molecule has 1 saturated heterocycles. The summed E-state index contributed by atoms with van der Waals surface area (Å²) in [5.41, 5.74) is 2.91. The van der Waals surface area contributed by atoms with Crippen LogP contribution in [0.4, 0.5) is 0 Å². The number of aryl methyl sites for hydroxylation is 2. The van der Waals surface area contributed by atoms with E-state index in [2.05, 4.69) is 27.4 Å². The molecular formula is C16H22N4O. The second-order valence-electron chi connectivity index (χ2n) is 5.90. The second kappa shape index (κ2) is 5.93. The average Bonchev–Trinajstić information content (AvgIpc) is 2.96. The minimum absolute atomic E-state index is 0.189. The molecule has 1 aliphatic heterocycles. The van der Waals surface area contributed by atoms with E-state index in [0.29, 0.717) is 11.7 Å². The van der Waals surface area contributed by atoms with Crippen LogP contribution in [-0.4, -0.2) is 21.7 Å². The first-order valence-corrected chi connectivity index (χ1v) is 7.68. The number of rotatable bonds is 3. The van der Waals surface area contributed by atoms with Gasteiger partial charge in [-0.3, -0.25) is 4.98 Å². The van der Waals surface area contributed by atoms with Gasteiger partial charge in [0.15, 0.2) is 0 Å². The molecule has 2 atom stereocenters. The Kier molecular flexibility index (Phi) is 4.01. The van der Waals surface area contributed by atoms with Crippen LogP contribution in [0.15, 0.2) is 16.7 Å². The van der Waals surface area contributed by atoms with Crippen LogP contribution in [0.3, 0.4) is 0 Å². The van der Waals surface area contributed by atoms with E-state index in [1.165, 1.54) is 12.8 Å². The third kappa shape index (κ3) is 3.13. The molecule has 0 aliphatic carbocycles. The number of hydrogen-bond donors (Lipinski definition) is 1. The van der Waals surface area contributed by atoms with Crippen molar-refractivity contribution in [2.45, 2.75) is 46.1 Å². The molecule has 0 amide bonds. The first-order chi connectivity index (χ1) is 10.2. The van der Waals surface area contributed by atoms with Gasteiger partial charge in [0.25, 0.3) is 0 Å². The van der Waals surface area contributed by atoms with Crippen LogP contribution in [0.25, 0.3) is 11.4 Å². The molecule has 1 N–H and O–H groups in total. The van der Waals surface area contributed by atoms with Gasteiger partial charge in [-0.15, -0.1) is 0 Å². The van der Waals surface area contributed by atoms with Crippen molar-refractivity contribution in [2.24, 2.45) is 5.92 Å². The number of nitrogens with one attached hydrogen (secondary N) is 1. The van der Waals surface area contributed by atoms with E-state index < -0.39 is 0 Å². The van der Waals surface area contributed by atoms with E-state index in [9.17, 15) is 0 Å². The van der Waals surface area contributed by atoms with E-state index in [1.54, 1.807) is 0 Å². The van der Waals surface area contributed by atoms with Gasteiger partial charge in [0.05, 0.1) is 6.04 Å². The molecule has 0 radical (unpaired) electrons. The average molecular weight is 286 g/mol. The lowest BCUT2D eigenvalue weighted by Crippen LogP contribution is -2.31. The topological polar surface area (TPSA) is 63.8 Å². The van der Waals surface area contributed by atoms with Crippen molar-refractivity contribution in [1.29, 1.82) is 0 Å². The van der Waals surface area contributed by atoms with Gasteiger partial charge in [-0.2, -0.15) is 4.98 Å². The number of pyridine rings is 1. The highest BCUT2D eigenvalue weighted by Gasteiger charge is 2.26. The van der Waals surface area contributed by atoms with Crippen molar-refractivity contribution in [1.82, 2.24) is 20.4 Å². The van der Waals surface area contributed by atoms with Gasteiger partial charge in [0, 0.05) is 17.0 Å². The van der Waals surface area contributed by atoms with Crippen molar-refractivity contribution >= 4 is 0 Å². The van der Waals surface area contributed by atoms with Crippen molar-refractivity contribution in [2.75, 3.05) is 6.54 Å². The van der Waals surface area contributed by atoms with E-state index >= 15 is 0 Å². The molecule has 21 heavy (non-hydrogen) atoms. The molecule has 0 aromatic carbocycles. The molecule has 3 heterocycles. The summed E-state index contributed by atoms with van der Waals surface area (Å²) in [7, 11) is 0. The molecule has 1 fully saturated rings. The smallest absolute Gasteiger partial charge is 0.244 e. The number of nitrogens with zero attached hydrogens (tertiary/aromatic N) is 3. The molecule has 2 aromatic rings. The first-order valence-electron chi connectivity index (χ1n) is 7.68. The molecule has 5 nitrogen and oxygen atoms in total. The summed E-state index contributed by atoms with van der Waals surface area (Å²) in [4.78, 5) is 8.97. The Morgan fingerprint density at radius 1 is 1.24 bits per heavy atom. The lowest BCUT2D eigenvalue weighted by atomic mass is 9.90. The highest BCUT2D eigenvalue weighted by Crippen LogP contribution is 2.29. The maximum absolute atomic E-state index is 5.49. The van der Waals surface area contributed by atoms with Crippen molar-refractivity contribution < 1.29 is 4.52 Å². The number of hydrogen-bond acceptors (Lipinski definition) is 5. The monoisotopic (exact) mass is 286 g/mol. The van der Waals surface area contributed by atoms with Gasteiger partial charge in [0.1, 0.15) is 0 Å². The van der Waals surface area contributed by atoms with Gasteiger partial charge in [-0.25, -0.2) is 0 Å². The van der Waals surface area contributed by atoms with Crippen LogP contribution in [-0.2, 0) is 0 Å². The molecule has 1 aliphatic rings. The third-order valence-corrected chi connectivity index (χ3v) is 4.17. The molecule has 112 valence electrons. The van der Waals surface area contributed by atoms with Crippen LogP contribution >= 0.6 is 0 Å². The molecule has 2 aromatic heterocycles. The number of aromatic nitrogens is 3. The van der Waals surface area contributed by atoms with Crippen LogP contribution in [0.5, 0.6) is 0 Å². The normalized spacial score (nSPS) is 22.4. The van der Waals surface area contributed by atoms with Gasteiger partial charge in [-0.05, 0) is 51.3 Å². The zero-order valence-electron chi connectivity index (χ0n) is 12.9. The van der Waals surface area contributed by atoms with Gasteiger partial charge in [-0.1, -0.05) is 18.5 Å². The molecular weight excluding hydrogens is 264 g/mol. The molecule has 3 rings (SSSR count). The Morgan fingerprint density at radius 2 is 2.00 bits per heavy atom. The van der Waals surface area contributed by atoms with Gasteiger partial charge < -0.3 is 9.84 Å². The summed E-state index contributed by atoms with van der Waals surface area (Å²) >= 11 is 0. The fourth-order valence-corrected chi connectivity index (χ4v) is 3.01. The van der Waals surface area contributed by atoms with Crippen molar-refractivity contribution in [3.8, 4) is 11.4 Å².